The molecule has 3 aromatic rings. The number of rotatable bonds is 3. The Bertz CT molecular complexity index is 960. The Balaban J connectivity index is 1.47. The van der Waals surface area contributed by atoms with E-state index in [0.717, 1.165) is 23.5 Å². The lowest BCUT2D eigenvalue weighted by molar-refractivity contribution is -0.141. The van der Waals surface area contributed by atoms with Crippen molar-refractivity contribution in [1.29, 1.82) is 0 Å². The number of hydrogen-bond acceptors (Lipinski definition) is 5. The largest absolute Gasteiger partial charge is 0.433 e. The molecule has 0 aromatic carbocycles. The summed E-state index contributed by atoms with van der Waals surface area (Å²) in [6.45, 7) is 4.36. The fourth-order valence-corrected chi connectivity index (χ4v) is 3.26. The molecule has 146 valence electrons. The molecule has 4 heterocycles. The molecule has 1 aliphatic heterocycles. The van der Waals surface area contributed by atoms with Crippen LogP contribution < -0.4 is 9.80 Å². The fourth-order valence-electron chi connectivity index (χ4n) is 3.26. The van der Waals surface area contributed by atoms with E-state index >= 15 is 0 Å². The minimum absolute atomic E-state index is 0.352. The van der Waals surface area contributed by atoms with Gasteiger partial charge in [-0.15, -0.1) is 0 Å². The molecule has 0 radical (unpaired) electrons. The fraction of sp³-hybridized carbons (Fsp3) is 0.316. The molecule has 3 aromatic heterocycles. The maximum Gasteiger partial charge on any atom is 0.433 e. The summed E-state index contributed by atoms with van der Waals surface area (Å²) in [6.07, 6.45) is -0.850. The van der Waals surface area contributed by atoms with Gasteiger partial charge >= 0.3 is 6.18 Å². The molecule has 9 heteroatoms. The second-order valence-electron chi connectivity index (χ2n) is 6.55. The van der Waals surface area contributed by atoms with Gasteiger partial charge in [0.2, 0.25) is 0 Å². The Labute approximate surface area is 160 Å². The van der Waals surface area contributed by atoms with Crippen LogP contribution in [0.5, 0.6) is 0 Å². The third-order valence-corrected chi connectivity index (χ3v) is 4.74. The van der Waals surface area contributed by atoms with Gasteiger partial charge in [0.15, 0.2) is 0 Å². The molecule has 4 rings (SSSR count). The molecular formula is C19H19F3N6. The van der Waals surface area contributed by atoms with Crippen LogP contribution in [0.2, 0.25) is 0 Å². The van der Waals surface area contributed by atoms with E-state index in [4.69, 9.17) is 4.98 Å². The lowest BCUT2D eigenvalue weighted by Crippen LogP contribution is -2.47. The molecule has 0 spiro atoms. The second kappa shape index (κ2) is 7.14. The van der Waals surface area contributed by atoms with Crippen LogP contribution in [0, 0.1) is 6.92 Å². The number of alkyl halides is 3. The van der Waals surface area contributed by atoms with Crippen molar-refractivity contribution in [3.63, 3.8) is 0 Å². The van der Waals surface area contributed by atoms with Crippen LogP contribution >= 0.6 is 0 Å². The van der Waals surface area contributed by atoms with Gasteiger partial charge in [-0.2, -0.15) is 13.2 Å². The summed E-state index contributed by atoms with van der Waals surface area (Å²) in [5.74, 6) is 2.83. The van der Waals surface area contributed by atoms with Gasteiger partial charge in [-0.1, -0.05) is 12.1 Å². The van der Waals surface area contributed by atoms with Gasteiger partial charge in [0.1, 0.15) is 29.0 Å². The molecule has 0 atom stereocenters. The van der Waals surface area contributed by atoms with Crippen molar-refractivity contribution in [3.05, 3.63) is 60.3 Å². The van der Waals surface area contributed by atoms with Crippen molar-refractivity contribution in [1.82, 2.24) is 19.5 Å². The number of aryl methyl sites for hydroxylation is 1. The minimum Gasteiger partial charge on any atom is -0.353 e. The van der Waals surface area contributed by atoms with E-state index in [0.29, 0.717) is 32.0 Å². The predicted octanol–water partition coefficient (Wildman–Crippen LogP) is 3.32. The standard InChI is InChI=1S/C19H19F3N6/c1-14-23-8-9-28(14)18-7-3-6-17(25-18)27-12-10-26(11-13-27)16-5-2-4-15(24-16)19(20,21)22/h2-9H,10-13H2,1H3. The molecule has 6 nitrogen and oxygen atoms in total. The molecule has 0 saturated carbocycles. The number of imidazole rings is 1. The summed E-state index contributed by atoms with van der Waals surface area (Å²) in [4.78, 5) is 16.7. The van der Waals surface area contributed by atoms with Crippen molar-refractivity contribution < 1.29 is 13.2 Å². The molecule has 0 unspecified atom stereocenters. The van der Waals surface area contributed by atoms with E-state index in [1.165, 1.54) is 6.07 Å². The number of pyridine rings is 2. The van der Waals surface area contributed by atoms with E-state index in [-0.39, 0.29) is 0 Å². The first-order valence-electron chi connectivity index (χ1n) is 8.93. The van der Waals surface area contributed by atoms with Crippen molar-refractivity contribution in [3.8, 4) is 5.82 Å². The molecule has 1 fully saturated rings. The summed E-state index contributed by atoms with van der Waals surface area (Å²) in [6, 6.07) is 9.81. The van der Waals surface area contributed by atoms with Crippen LogP contribution in [0.1, 0.15) is 11.5 Å². The average Bonchev–Trinajstić information content (AvgIpc) is 3.14. The summed E-state index contributed by atoms with van der Waals surface area (Å²) in [5, 5.41) is 0. The van der Waals surface area contributed by atoms with Gasteiger partial charge in [0.05, 0.1) is 0 Å². The SMILES string of the molecule is Cc1nccn1-c1cccc(N2CCN(c3cccc(C(F)(F)F)n3)CC2)n1. The normalized spacial score (nSPS) is 15.1. The molecule has 0 aliphatic carbocycles. The molecule has 0 amide bonds. The Kier molecular flexibility index (Phi) is 4.66. The van der Waals surface area contributed by atoms with Crippen LogP contribution in [0.3, 0.4) is 0 Å². The van der Waals surface area contributed by atoms with E-state index in [2.05, 4.69) is 14.9 Å². The van der Waals surface area contributed by atoms with Crippen LogP contribution in [-0.2, 0) is 6.18 Å². The van der Waals surface area contributed by atoms with Gasteiger partial charge in [-0.25, -0.2) is 15.0 Å². The quantitative estimate of drug-likeness (QED) is 0.689. The van der Waals surface area contributed by atoms with Crippen LogP contribution in [0.25, 0.3) is 5.82 Å². The summed E-state index contributed by atoms with van der Waals surface area (Å²) >= 11 is 0. The third kappa shape index (κ3) is 3.64. The molecular weight excluding hydrogens is 369 g/mol. The van der Waals surface area contributed by atoms with Gasteiger partial charge in [0.25, 0.3) is 0 Å². The van der Waals surface area contributed by atoms with Gasteiger partial charge < -0.3 is 9.80 Å². The van der Waals surface area contributed by atoms with E-state index in [9.17, 15) is 13.2 Å². The van der Waals surface area contributed by atoms with Crippen molar-refractivity contribution in [2.45, 2.75) is 13.1 Å². The first kappa shape index (κ1) is 18.3. The van der Waals surface area contributed by atoms with E-state index in [1.807, 2.05) is 40.8 Å². The Morgan fingerprint density at radius 3 is 1.96 bits per heavy atom. The minimum atomic E-state index is -4.44. The Morgan fingerprint density at radius 1 is 0.821 bits per heavy atom. The van der Waals surface area contributed by atoms with Crippen LogP contribution in [0.15, 0.2) is 48.8 Å². The van der Waals surface area contributed by atoms with Crippen LogP contribution in [0.4, 0.5) is 24.8 Å². The first-order valence-corrected chi connectivity index (χ1v) is 8.93. The summed E-state index contributed by atoms with van der Waals surface area (Å²) in [5.41, 5.74) is -0.863. The monoisotopic (exact) mass is 388 g/mol. The van der Waals surface area contributed by atoms with Gasteiger partial charge in [-0.3, -0.25) is 4.57 Å². The molecule has 0 bridgehead atoms. The number of halogens is 3. The predicted molar refractivity (Wildman–Crippen MR) is 99.8 cm³/mol. The van der Waals surface area contributed by atoms with E-state index < -0.39 is 11.9 Å². The topological polar surface area (TPSA) is 50.1 Å². The highest BCUT2D eigenvalue weighted by Crippen LogP contribution is 2.29. The highest BCUT2D eigenvalue weighted by molar-refractivity contribution is 5.47. The smallest absolute Gasteiger partial charge is 0.353 e. The number of nitrogens with zero attached hydrogens (tertiary/aromatic N) is 6. The average molecular weight is 388 g/mol. The van der Waals surface area contributed by atoms with Gasteiger partial charge in [0, 0.05) is 38.6 Å². The van der Waals surface area contributed by atoms with Crippen molar-refractivity contribution in [2.24, 2.45) is 0 Å². The summed E-state index contributed by atoms with van der Waals surface area (Å²) < 4.78 is 40.6. The maximum absolute atomic E-state index is 12.9. The maximum atomic E-state index is 12.9. The highest BCUT2D eigenvalue weighted by Gasteiger charge is 2.33. The Hall–Kier alpha value is -3.10. The first-order chi connectivity index (χ1) is 13.4. The lowest BCUT2D eigenvalue weighted by Gasteiger charge is -2.36. The number of aromatic nitrogens is 4. The lowest BCUT2D eigenvalue weighted by atomic mass is 10.2. The second-order valence-corrected chi connectivity index (χ2v) is 6.55. The number of hydrogen-bond donors (Lipinski definition) is 0. The molecule has 1 aliphatic rings. The third-order valence-electron chi connectivity index (χ3n) is 4.74. The zero-order chi connectivity index (χ0) is 19.7. The van der Waals surface area contributed by atoms with Gasteiger partial charge in [-0.05, 0) is 31.2 Å². The van der Waals surface area contributed by atoms with E-state index in [1.54, 1.807) is 12.3 Å². The molecule has 1 saturated heterocycles. The number of anilines is 2. The number of piperazine rings is 1. The molecule has 28 heavy (non-hydrogen) atoms. The van der Waals surface area contributed by atoms with Crippen molar-refractivity contribution in [2.75, 3.05) is 36.0 Å². The zero-order valence-electron chi connectivity index (χ0n) is 15.3. The van der Waals surface area contributed by atoms with Crippen LogP contribution in [-0.4, -0.2) is 45.7 Å². The Morgan fingerprint density at radius 2 is 1.39 bits per heavy atom. The zero-order valence-corrected chi connectivity index (χ0v) is 15.3. The highest BCUT2D eigenvalue weighted by atomic mass is 19.4. The van der Waals surface area contributed by atoms with Crippen molar-refractivity contribution >= 4 is 11.6 Å². The summed E-state index contributed by atoms with van der Waals surface area (Å²) in [7, 11) is 0. The molecule has 0 N–H and O–H groups in total.